The Kier molecular flexibility index (Phi) is 7.94. The standard InChI is InChI=1S/C17H26N2O3/c20-17(16-14-22-13-10-18-16)19-9-4-5-11-21-12-8-15-6-2-1-3-7-15/h1-3,6-7,16,18H,4-5,8-14H2,(H,19,20). The molecule has 0 bridgehead atoms. The summed E-state index contributed by atoms with van der Waals surface area (Å²) in [5, 5.41) is 6.07. The summed E-state index contributed by atoms with van der Waals surface area (Å²) in [6.45, 7) is 4.08. The van der Waals surface area contributed by atoms with E-state index in [1.54, 1.807) is 0 Å². The first kappa shape index (κ1) is 16.9. The second kappa shape index (κ2) is 10.3. The molecule has 22 heavy (non-hydrogen) atoms. The molecule has 1 atom stereocenters. The molecule has 1 amide bonds. The molecule has 1 unspecified atom stereocenters. The lowest BCUT2D eigenvalue weighted by molar-refractivity contribution is -0.125. The Labute approximate surface area is 132 Å². The van der Waals surface area contributed by atoms with Crippen molar-refractivity contribution in [2.75, 3.05) is 39.5 Å². The smallest absolute Gasteiger partial charge is 0.239 e. The zero-order chi connectivity index (χ0) is 15.5. The highest BCUT2D eigenvalue weighted by atomic mass is 16.5. The molecule has 0 spiro atoms. The number of carbonyl (C=O) groups excluding carboxylic acids is 1. The molecule has 1 aromatic rings. The second-order valence-electron chi connectivity index (χ2n) is 5.43. The molecule has 5 heteroatoms. The molecule has 1 saturated heterocycles. The molecule has 1 aliphatic heterocycles. The number of unbranched alkanes of at least 4 members (excludes halogenated alkanes) is 1. The summed E-state index contributed by atoms with van der Waals surface area (Å²) in [4.78, 5) is 11.8. The summed E-state index contributed by atoms with van der Waals surface area (Å²) >= 11 is 0. The van der Waals surface area contributed by atoms with Crippen LogP contribution >= 0.6 is 0 Å². The Bertz CT molecular complexity index is 419. The molecule has 2 N–H and O–H groups in total. The Hall–Kier alpha value is -1.43. The number of carbonyl (C=O) groups is 1. The molecular weight excluding hydrogens is 280 g/mol. The van der Waals surface area contributed by atoms with Gasteiger partial charge in [-0.25, -0.2) is 0 Å². The monoisotopic (exact) mass is 306 g/mol. The SMILES string of the molecule is O=C(NCCCCOCCc1ccccc1)C1COCCN1. The molecule has 5 nitrogen and oxygen atoms in total. The Morgan fingerprint density at radius 2 is 2.14 bits per heavy atom. The van der Waals surface area contributed by atoms with Gasteiger partial charge in [0, 0.05) is 19.7 Å². The summed E-state index contributed by atoms with van der Waals surface area (Å²) in [5.74, 6) is 0.0321. The van der Waals surface area contributed by atoms with E-state index in [2.05, 4.69) is 22.8 Å². The summed E-state index contributed by atoms with van der Waals surface area (Å²) in [5.41, 5.74) is 1.30. The fourth-order valence-corrected chi connectivity index (χ4v) is 2.33. The normalized spacial score (nSPS) is 18.1. The number of amides is 1. The lowest BCUT2D eigenvalue weighted by Crippen LogP contribution is -2.51. The summed E-state index contributed by atoms with van der Waals surface area (Å²) in [7, 11) is 0. The lowest BCUT2D eigenvalue weighted by Gasteiger charge is -2.22. The molecule has 0 saturated carbocycles. The fourth-order valence-electron chi connectivity index (χ4n) is 2.33. The van der Waals surface area contributed by atoms with Gasteiger partial charge in [-0.3, -0.25) is 4.79 Å². The van der Waals surface area contributed by atoms with E-state index < -0.39 is 0 Å². The Balaban J connectivity index is 1.42. The van der Waals surface area contributed by atoms with Gasteiger partial charge in [-0.05, 0) is 24.8 Å². The molecular formula is C17H26N2O3. The first-order valence-electron chi connectivity index (χ1n) is 8.07. The highest BCUT2D eigenvalue weighted by Crippen LogP contribution is 2.00. The van der Waals surface area contributed by atoms with E-state index in [0.29, 0.717) is 19.8 Å². The van der Waals surface area contributed by atoms with Crippen molar-refractivity contribution in [3.8, 4) is 0 Å². The van der Waals surface area contributed by atoms with Crippen LogP contribution in [0.4, 0.5) is 0 Å². The molecule has 1 aliphatic rings. The average molecular weight is 306 g/mol. The van der Waals surface area contributed by atoms with Gasteiger partial charge in [0.1, 0.15) is 6.04 Å². The van der Waals surface area contributed by atoms with E-state index in [4.69, 9.17) is 9.47 Å². The van der Waals surface area contributed by atoms with Crippen LogP contribution in [0.15, 0.2) is 30.3 Å². The predicted molar refractivity (Wildman–Crippen MR) is 85.8 cm³/mol. The van der Waals surface area contributed by atoms with Gasteiger partial charge in [0.2, 0.25) is 5.91 Å². The van der Waals surface area contributed by atoms with Gasteiger partial charge in [0.25, 0.3) is 0 Å². The third-order valence-corrected chi connectivity index (χ3v) is 3.63. The van der Waals surface area contributed by atoms with Crippen molar-refractivity contribution >= 4 is 5.91 Å². The van der Waals surface area contributed by atoms with Gasteiger partial charge in [0.15, 0.2) is 0 Å². The third kappa shape index (κ3) is 6.56. The lowest BCUT2D eigenvalue weighted by atomic mass is 10.2. The van der Waals surface area contributed by atoms with Crippen LogP contribution in [0.5, 0.6) is 0 Å². The number of rotatable bonds is 9. The van der Waals surface area contributed by atoms with Crippen molar-refractivity contribution in [1.82, 2.24) is 10.6 Å². The van der Waals surface area contributed by atoms with E-state index in [0.717, 1.165) is 39.0 Å². The maximum atomic E-state index is 11.8. The minimum absolute atomic E-state index is 0.0321. The van der Waals surface area contributed by atoms with Gasteiger partial charge in [0.05, 0.1) is 19.8 Å². The maximum Gasteiger partial charge on any atom is 0.239 e. The first-order valence-corrected chi connectivity index (χ1v) is 8.07. The number of ether oxygens (including phenoxy) is 2. The van der Waals surface area contributed by atoms with E-state index in [1.807, 2.05) is 18.2 Å². The second-order valence-corrected chi connectivity index (χ2v) is 5.43. The topological polar surface area (TPSA) is 59.6 Å². The summed E-state index contributed by atoms with van der Waals surface area (Å²) < 4.78 is 10.9. The van der Waals surface area contributed by atoms with Crippen LogP contribution in [0.25, 0.3) is 0 Å². The van der Waals surface area contributed by atoms with Crippen molar-refractivity contribution in [2.45, 2.75) is 25.3 Å². The minimum Gasteiger partial charge on any atom is -0.381 e. The van der Waals surface area contributed by atoms with Gasteiger partial charge < -0.3 is 20.1 Å². The van der Waals surface area contributed by atoms with Crippen LogP contribution in [0, 0.1) is 0 Å². The van der Waals surface area contributed by atoms with Gasteiger partial charge >= 0.3 is 0 Å². The molecule has 2 rings (SSSR count). The molecule has 122 valence electrons. The quantitative estimate of drug-likeness (QED) is 0.672. The van der Waals surface area contributed by atoms with Crippen LogP contribution in [0.1, 0.15) is 18.4 Å². The van der Waals surface area contributed by atoms with E-state index >= 15 is 0 Å². The fraction of sp³-hybridized carbons (Fsp3) is 0.588. The molecule has 1 fully saturated rings. The zero-order valence-electron chi connectivity index (χ0n) is 13.1. The third-order valence-electron chi connectivity index (χ3n) is 3.63. The van der Waals surface area contributed by atoms with Crippen molar-refractivity contribution in [3.05, 3.63) is 35.9 Å². The van der Waals surface area contributed by atoms with Crippen LogP contribution in [-0.4, -0.2) is 51.5 Å². The average Bonchev–Trinajstić information content (AvgIpc) is 2.59. The molecule has 0 aliphatic carbocycles. The van der Waals surface area contributed by atoms with Crippen LogP contribution in [0.2, 0.25) is 0 Å². The number of nitrogens with one attached hydrogen (secondary N) is 2. The maximum absolute atomic E-state index is 11.8. The highest BCUT2D eigenvalue weighted by Gasteiger charge is 2.20. The van der Waals surface area contributed by atoms with E-state index in [1.165, 1.54) is 5.56 Å². The minimum atomic E-state index is -0.198. The Morgan fingerprint density at radius 3 is 2.91 bits per heavy atom. The van der Waals surface area contributed by atoms with Gasteiger partial charge in [-0.1, -0.05) is 30.3 Å². The highest BCUT2D eigenvalue weighted by molar-refractivity contribution is 5.81. The first-order chi connectivity index (χ1) is 10.9. The summed E-state index contributed by atoms with van der Waals surface area (Å²) in [6, 6.07) is 10.1. The molecule has 0 aromatic heterocycles. The Morgan fingerprint density at radius 1 is 1.27 bits per heavy atom. The van der Waals surface area contributed by atoms with Crippen molar-refractivity contribution in [3.63, 3.8) is 0 Å². The predicted octanol–water partition coefficient (Wildman–Crippen LogP) is 1.13. The molecule has 1 heterocycles. The zero-order valence-corrected chi connectivity index (χ0v) is 13.1. The molecule has 0 radical (unpaired) electrons. The van der Waals surface area contributed by atoms with Crippen LogP contribution in [0.3, 0.4) is 0 Å². The van der Waals surface area contributed by atoms with E-state index in [-0.39, 0.29) is 11.9 Å². The van der Waals surface area contributed by atoms with Crippen LogP contribution < -0.4 is 10.6 Å². The van der Waals surface area contributed by atoms with Crippen molar-refractivity contribution < 1.29 is 14.3 Å². The van der Waals surface area contributed by atoms with Crippen molar-refractivity contribution in [1.29, 1.82) is 0 Å². The van der Waals surface area contributed by atoms with E-state index in [9.17, 15) is 4.79 Å². The largest absolute Gasteiger partial charge is 0.381 e. The number of benzene rings is 1. The van der Waals surface area contributed by atoms with Crippen LogP contribution in [-0.2, 0) is 20.7 Å². The van der Waals surface area contributed by atoms with Gasteiger partial charge in [-0.2, -0.15) is 0 Å². The number of morpholine rings is 1. The van der Waals surface area contributed by atoms with Gasteiger partial charge in [-0.15, -0.1) is 0 Å². The van der Waals surface area contributed by atoms with Crippen molar-refractivity contribution in [2.24, 2.45) is 0 Å². The molecule has 1 aromatic carbocycles. The number of hydrogen-bond acceptors (Lipinski definition) is 4. The number of hydrogen-bond donors (Lipinski definition) is 2. The summed E-state index contributed by atoms with van der Waals surface area (Å²) in [6.07, 6.45) is 2.85.